The third-order valence-corrected chi connectivity index (χ3v) is 3.27. The second-order valence-electron chi connectivity index (χ2n) is 4.99. The maximum atomic E-state index is 12.4. The Morgan fingerprint density at radius 2 is 2.15 bits per heavy atom. The van der Waals surface area contributed by atoms with E-state index in [1.807, 2.05) is 13.8 Å². The van der Waals surface area contributed by atoms with E-state index in [2.05, 4.69) is 9.72 Å². The number of nitrogens with one attached hydrogen (secondary N) is 1. The van der Waals surface area contributed by atoms with Crippen molar-refractivity contribution in [1.29, 1.82) is 0 Å². The summed E-state index contributed by atoms with van der Waals surface area (Å²) in [6, 6.07) is 4.77. The number of carbonyl (C=O) groups is 1. The van der Waals surface area contributed by atoms with Crippen molar-refractivity contribution >= 4 is 29.1 Å². The molecule has 20 heavy (non-hydrogen) atoms. The van der Waals surface area contributed by atoms with Crippen LogP contribution in [0, 0.1) is 10.7 Å². The van der Waals surface area contributed by atoms with Gasteiger partial charge in [0.05, 0.1) is 23.6 Å². The number of ether oxygens (including phenoxy) is 1. The van der Waals surface area contributed by atoms with E-state index in [1.165, 1.54) is 7.11 Å². The number of methoxy groups -OCH3 is 1. The number of benzene rings is 1. The lowest BCUT2D eigenvalue weighted by molar-refractivity contribution is 0.0601. The van der Waals surface area contributed by atoms with Crippen molar-refractivity contribution in [3.8, 4) is 0 Å². The standard InChI is InChI=1S/C14H16N2O3S/c1-8(2)7-16-12(17)10-5-4-9(13(18)19-3)6-11(10)15-14(16)20/h4-6,8H,7H2,1-3H3,(H,15,20). The van der Waals surface area contributed by atoms with E-state index in [9.17, 15) is 9.59 Å². The molecule has 1 heterocycles. The maximum Gasteiger partial charge on any atom is 0.337 e. The lowest BCUT2D eigenvalue weighted by Crippen LogP contribution is -2.24. The largest absolute Gasteiger partial charge is 0.465 e. The van der Waals surface area contributed by atoms with Gasteiger partial charge in [-0.1, -0.05) is 13.8 Å². The SMILES string of the molecule is COC(=O)c1ccc2c(=O)n(CC(C)C)c(=S)[nH]c2c1. The summed E-state index contributed by atoms with van der Waals surface area (Å²) in [7, 11) is 1.31. The Labute approximate surface area is 121 Å². The molecule has 0 amide bonds. The first-order chi connectivity index (χ1) is 9.43. The Morgan fingerprint density at radius 3 is 2.75 bits per heavy atom. The fourth-order valence-electron chi connectivity index (χ4n) is 2.03. The van der Waals surface area contributed by atoms with E-state index in [4.69, 9.17) is 12.2 Å². The molecule has 0 saturated carbocycles. The van der Waals surface area contributed by atoms with Gasteiger partial charge in [-0.05, 0) is 36.3 Å². The van der Waals surface area contributed by atoms with Crippen LogP contribution in [0.2, 0.25) is 0 Å². The Balaban J connectivity index is 2.67. The van der Waals surface area contributed by atoms with Gasteiger partial charge in [0, 0.05) is 6.54 Å². The van der Waals surface area contributed by atoms with Crippen molar-refractivity contribution in [1.82, 2.24) is 9.55 Å². The molecule has 0 fully saturated rings. The molecule has 5 nitrogen and oxygen atoms in total. The number of hydrogen-bond acceptors (Lipinski definition) is 4. The van der Waals surface area contributed by atoms with Crippen LogP contribution in [0.25, 0.3) is 10.9 Å². The molecular weight excluding hydrogens is 276 g/mol. The van der Waals surface area contributed by atoms with Crippen LogP contribution >= 0.6 is 12.2 Å². The summed E-state index contributed by atoms with van der Waals surface area (Å²) in [5.41, 5.74) is 0.781. The van der Waals surface area contributed by atoms with E-state index in [0.29, 0.717) is 33.7 Å². The summed E-state index contributed by atoms with van der Waals surface area (Å²) in [4.78, 5) is 26.9. The Morgan fingerprint density at radius 1 is 1.45 bits per heavy atom. The molecule has 1 aromatic carbocycles. The van der Waals surface area contributed by atoms with E-state index in [1.54, 1.807) is 22.8 Å². The summed E-state index contributed by atoms with van der Waals surface area (Å²) >= 11 is 5.21. The smallest absolute Gasteiger partial charge is 0.337 e. The van der Waals surface area contributed by atoms with Crippen LogP contribution in [0.15, 0.2) is 23.0 Å². The van der Waals surface area contributed by atoms with Gasteiger partial charge in [-0.15, -0.1) is 0 Å². The van der Waals surface area contributed by atoms with Crippen LogP contribution in [-0.2, 0) is 11.3 Å². The normalized spacial score (nSPS) is 11.0. The highest BCUT2D eigenvalue weighted by Crippen LogP contribution is 2.12. The van der Waals surface area contributed by atoms with Crippen LogP contribution in [0.5, 0.6) is 0 Å². The highest BCUT2D eigenvalue weighted by molar-refractivity contribution is 7.71. The first kappa shape index (κ1) is 14.5. The van der Waals surface area contributed by atoms with Gasteiger partial charge < -0.3 is 9.72 Å². The average molecular weight is 292 g/mol. The minimum Gasteiger partial charge on any atom is -0.465 e. The van der Waals surface area contributed by atoms with Gasteiger partial charge in [0.2, 0.25) is 0 Å². The van der Waals surface area contributed by atoms with E-state index >= 15 is 0 Å². The zero-order valence-corrected chi connectivity index (χ0v) is 12.4. The second-order valence-corrected chi connectivity index (χ2v) is 5.38. The summed E-state index contributed by atoms with van der Waals surface area (Å²) in [6.07, 6.45) is 0. The number of hydrogen-bond donors (Lipinski definition) is 1. The molecule has 0 spiro atoms. The number of esters is 1. The van der Waals surface area contributed by atoms with Crippen molar-refractivity contribution in [2.45, 2.75) is 20.4 Å². The van der Waals surface area contributed by atoms with Gasteiger partial charge in [0.1, 0.15) is 0 Å². The van der Waals surface area contributed by atoms with Crippen molar-refractivity contribution in [2.75, 3.05) is 7.11 Å². The number of aromatic nitrogens is 2. The molecule has 2 aromatic rings. The molecular formula is C14H16N2O3S. The van der Waals surface area contributed by atoms with Crippen LogP contribution in [-0.4, -0.2) is 22.6 Å². The molecule has 106 valence electrons. The molecule has 1 aromatic heterocycles. The van der Waals surface area contributed by atoms with Crippen molar-refractivity contribution in [2.24, 2.45) is 5.92 Å². The number of carbonyl (C=O) groups excluding carboxylic acids is 1. The topological polar surface area (TPSA) is 64.1 Å². The fraction of sp³-hybridized carbons (Fsp3) is 0.357. The fourth-order valence-corrected chi connectivity index (χ4v) is 2.30. The van der Waals surface area contributed by atoms with Gasteiger partial charge in [-0.25, -0.2) is 4.79 Å². The van der Waals surface area contributed by atoms with Crippen LogP contribution < -0.4 is 5.56 Å². The monoisotopic (exact) mass is 292 g/mol. The average Bonchev–Trinajstić information content (AvgIpc) is 2.41. The number of fused-ring (bicyclic) bond motifs is 1. The van der Waals surface area contributed by atoms with Gasteiger partial charge in [-0.2, -0.15) is 0 Å². The van der Waals surface area contributed by atoms with E-state index in [-0.39, 0.29) is 5.56 Å². The third kappa shape index (κ3) is 2.65. The highest BCUT2D eigenvalue weighted by atomic mass is 32.1. The Hall–Kier alpha value is -1.95. The predicted molar refractivity (Wildman–Crippen MR) is 79.6 cm³/mol. The van der Waals surface area contributed by atoms with Crippen molar-refractivity contribution < 1.29 is 9.53 Å². The molecule has 0 aliphatic carbocycles. The van der Waals surface area contributed by atoms with Gasteiger partial charge >= 0.3 is 5.97 Å². The number of H-pyrrole nitrogens is 1. The first-order valence-electron chi connectivity index (χ1n) is 6.29. The zero-order valence-electron chi connectivity index (χ0n) is 11.6. The van der Waals surface area contributed by atoms with Gasteiger partial charge in [0.15, 0.2) is 4.77 Å². The molecule has 0 unspecified atom stereocenters. The van der Waals surface area contributed by atoms with Crippen LogP contribution in [0.3, 0.4) is 0 Å². The minimum atomic E-state index is -0.447. The number of rotatable bonds is 3. The van der Waals surface area contributed by atoms with E-state index < -0.39 is 5.97 Å². The summed E-state index contributed by atoms with van der Waals surface area (Å²) in [5, 5.41) is 0.506. The lowest BCUT2D eigenvalue weighted by Gasteiger charge is -2.10. The van der Waals surface area contributed by atoms with Crippen molar-refractivity contribution in [3.05, 3.63) is 38.9 Å². The molecule has 0 bridgehead atoms. The molecule has 2 rings (SSSR count). The third-order valence-electron chi connectivity index (χ3n) is 2.95. The molecule has 1 N–H and O–H groups in total. The lowest BCUT2D eigenvalue weighted by atomic mass is 10.1. The molecule has 0 aliphatic heterocycles. The second kappa shape index (κ2) is 5.58. The molecule has 0 saturated heterocycles. The minimum absolute atomic E-state index is 0.145. The van der Waals surface area contributed by atoms with Gasteiger partial charge in [-0.3, -0.25) is 9.36 Å². The number of aromatic amines is 1. The van der Waals surface area contributed by atoms with E-state index in [0.717, 1.165) is 0 Å². The molecule has 0 aliphatic rings. The molecule has 6 heteroatoms. The Bertz CT molecular complexity index is 774. The predicted octanol–water partition coefficient (Wildman–Crippen LogP) is 2.50. The quantitative estimate of drug-likeness (QED) is 0.697. The summed E-state index contributed by atoms with van der Waals surface area (Å²) < 4.78 is 6.56. The Kier molecular flexibility index (Phi) is 4.04. The number of nitrogens with zero attached hydrogens (tertiary/aromatic N) is 1. The van der Waals surface area contributed by atoms with Gasteiger partial charge in [0.25, 0.3) is 5.56 Å². The zero-order chi connectivity index (χ0) is 14.9. The summed E-state index contributed by atoms with van der Waals surface area (Å²) in [5.74, 6) is -0.132. The highest BCUT2D eigenvalue weighted by Gasteiger charge is 2.10. The molecule has 0 radical (unpaired) electrons. The van der Waals surface area contributed by atoms with Crippen molar-refractivity contribution in [3.63, 3.8) is 0 Å². The molecule has 0 atom stereocenters. The van der Waals surface area contributed by atoms with Crippen LogP contribution in [0.1, 0.15) is 24.2 Å². The maximum absolute atomic E-state index is 12.4. The summed E-state index contributed by atoms with van der Waals surface area (Å²) in [6.45, 7) is 4.60. The van der Waals surface area contributed by atoms with Crippen LogP contribution in [0.4, 0.5) is 0 Å². The first-order valence-corrected chi connectivity index (χ1v) is 6.70.